The number of carboxylic acid groups (broad SMARTS) is 1. The van der Waals surface area contributed by atoms with E-state index in [1.807, 2.05) is 30.3 Å². The molecule has 21 heavy (non-hydrogen) atoms. The maximum absolute atomic E-state index is 12.3. The number of carbonyl (C=O) groups is 3. The van der Waals surface area contributed by atoms with Crippen LogP contribution in [0.2, 0.25) is 0 Å². The molecule has 2 amide bonds. The molecule has 0 aliphatic carbocycles. The van der Waals surface area contributed by atoms with Crippen molar-refractivity contribution in [3.8, 4) is 0 Å². The lowest BCUT2D eigenvalue weighted by Crippen LogP contribution is -2.59. The highest BCUT2D eigenvalue weighted by molar-refractivity contribution is 6.04. The van der Waals surface area contributed by atoms with E-state index in [1.165, 1.54) is 4.90 Å². The molecule has 1 atom stereocenters. The van der Waals surface area contributed by atoms with Gasteiger partial charge in [0.05, 0.1) is 6.54 Å². The van der Waals surface area contributed by atoms with Crippen molar-refractivity contribution in [1.29, 1.82) is 0 Å². The lowest BCUT2D eigenvalue weighted by Gasteiger charge is -2.39. The van der Waals surface area contributed by atoms with Gasteiger partial charge in [-0.1, -0.05) is 18.2 Å². The number of imide groups is 1. The largest absolute Gasteiger partial charge is 0.481 e. The Hall–Kier alpha value is -2.37. The monoisotopic (exact) mass is 290 g/mol. The van der Waals surface area contributed by atoms with E-state index < -0.39 is 12.0 Å². The molecular weight excluding hydrogens is 272 g/mol. The van der Waals surface area contributed by atoms with Crippen LogP contribution in [0.5, 0.6) is 0 Å². The molecule has 1 fully saturated rings. The van der Waals surface area contributed by atoms with Crippen molar-refractivity contribution in [3.63, 3.8) is 0 Å². The van der Waals surface area contributed by atoms with E-state index in [-0.39, 0.29) is 37.7 Å². The summed E-state index contributed by atoms with van der Waals surface area (Å²) >= 11 is 0. The molecule has 1 N–H and O–H groups in total. The van der Waals surface area contributed by atoms with E-state index in [2.05, 4.69) is 0 Å². The molecule has 2 rings (SSSR count). The second-order valence-corrected chi connectivity index (χ2v) is 5.02. The van der Waals surface area contributed by atoms with Crippen molar-refractivity contribution in [2.45, 2.75) is 25.8 Å². The average Bonchev–Trinajstić information content (AvgIpc) is 2.47. The van der Waals surface area contributed by atoms with Gasteiger partial charge >= 0.3 is 5.97 Å². The molecule has 1 aromatic carbocycles. The molecule has 1 aromatic rings. The maximum Gasteiger partial charge on any atom is 0.303 e. The van der Waals surface area contributed by atoms with Gasteiger partial charge in [0.2, 0.25) is 5.91 Å². The fourth-order valence-corrected chi connectivity index (χ4v) is 2.41. The highest BCUT2D eigenvalue weighted by Crippen LogP contribution is 2.21. The predicted molar refractivity (Wildman–Crippen MR) is 76.8 cm³/mol. The van der Waals surface area contributed by atoms with Crippen LogP contribution in [-0.2, 0) is 14.4 Å². The van der Waals surface area contributed by atoms with Crippen LogP contribution in [0.3, 0.4) is 0 Å². The maximum atomic E-state index is 12.3. The Morgan fingerprint density at radius 2 is 1.95 bits per heavy atom. The number of anilines is 1. The number of hydrogen-bond acceptors (Lipinski definition) is 4. The quantitative estimate of drug-likeness (QED) is 0.822. The second-order valence-electron chi connectivity index (χ2n) is 5.02. The molecule has 1 heterocycles. The van der Waals surface area contributed by atoms with Crippen molar-refractivity contribution in [2.75, 3.05) is 18.0 Å². The van der Waals surface area contributed by atoms with Crippen molar-refractivity contribution in [3.05, 3.63) is 30.3 Å². The topological polar surface area (TPSA) is 77.9 Å². The van der Waals surface area contributed by atoms with Crippen molar-refractivity contribution in [1.82, 2.24) is 4.90 Å². The number of amides is 2. The summed E-state index contributed by atoms with van der Waals surface area (Å²) in [5.41, 5.74) is 0.830. The number of piperazine rings is 1. The van der Waals surface area contributed by atoms with Crippen molar-refractivity contribution >= 4 is 23.5 Å². The molecule has 0 radical (unpaired) electrons. The number of hydrogen-bond donors (Lipinski definition) is 1. The SMILES string of the molecule is CC1C(=O)N(CCCC(=O)O)C(=O)CN1c1ccccc1. The smallest absolute Gasteiger partial charge is 0.303 e. The number of rotatable bonds is 5. The minimum absolute atomic E-state index is 0.0478. The first-order valence-electron chi connectivity index (χ1n) is 6.88. The third kappa shape index (κ3) is 3.39. The zero-order valence-corrected chi connectivity index (χ0v) is 11.9. The van der Waals surface area contributed by atoms with Crippen LogP contribution in [0.1, 0.15) is 19.8 Å². The summed E-state index contributed by atoms with van der Waals surface area (Å²) in [6.45, 7) is 2.05. The first-order chi connectivity index (χ1) is 10.0. The molecule has 0 bridgehead atoms. The van der Waals surface area contributed by atoms with Crippen LogP contribution in [0.15, 0.2) is 30.3 Å². The molecule has 0 aromatic heterocycles. The number of benzene rings is 1. The lowest BCUT2D eigenvalue weighted by atomic mass is 10.1. The standard InChI is InChI=1S/C15H18N2O4/c1-11-15(21)16(9-5-8-14(19)20)13(18)10-17(11)12-6-3-2-4-7-12/h2-4,6-7,11H,5,8-10H2,1H3,(H,19,20). The molecule has 1 saturated heterocycles. The Bertz CT molecular complexity index is 544. The summed E-state index contributed by atoms with van der Waals surface area (Å²) in [4.78, 5) is 37.9. The molecule has 112 valence electrons. The molecular formula is C15H18N2O4. The molecule has 1 aliphatic heterocycles. The van der Waals surface area contributed by atoms with Gasteiger partial charge < -0.3 is 10.0 Å². The fraction of sp³-hybridized carbons (Fsp3) is 0.400. The Labute approximate surface area is 123 Å². The van der Waals surface area contributed by atoms with Gasteiger partial charge in [-0.3, -0.25) is 19.3 Å². The third-order valence-electron chi connectivity index (χ3n) is 3.56. The highest BCUT2D eigenvalue weighted by Gasteiger charge is 2.36. The summed E-state index contributed by atoms with van der Waals surface area (Å²) in [6.07, 6.45) is 0.235. The first kappa shape index (κ1) is 15.0. The summed E-state index contributed by atoms with van der Waals surface area (Å²) in [7, 11) is 0. The van der Waals surface area contributed by atoms with Crippen LogP contribution in [0.4, 0.5) is 5.69 Å². The van der Waals surface area contributed by atoms with E-state index in [1.54, 1.807) is 11.8 Å². The Morgan fingerprint density at radius 3 is 2.57 bits per heavy atom. The van der Waals surface area contributed by atoms with E-state index in [0.717, 1.165) is 5.69 Å². The van der Waals surface area contributed by atoms with Gasteiger partial charge in [-0.15, -0.1) is 0 Å². The third-order valence-corrected chi connectivity index (χ3v) is 3.56. The minimum atomic E-state index is -0.925. The Balaban J connectivity index is 2.06. The average molecular weight is 290 g/mol. The van der Waals surface area contributed by atoms with Crippen LogP contribution in [0, 0.1) is 0 Å². The van der Waals surface area contributed by atoms with Gasteiger partial charge in [0, 0.05) is 18.7 Å². The Kier molecular flexibility index (Phi) is 4.57. The molecule has 6 nitrogen and oxygen atoms in total. The summed E-state index contributed by atoms with van der Waals surface area (Å²) in [5, 5.41) is 8.62. The van der Waals surface area contributed by atoms with Gasteiger partial charge in [-0.25, -0.2) is 0 Å². The number of carbonyl (C=O) groups excluding carboxylic acids is 2. The van der Waals surface area contributed by atoms with Crippen LogP contribution < -0.4 is 4.90 Å². The summed E-state index contributed by atoms with van der Waals surface area (Å²) in [5.74, 6) is -1.49. The summed E-state index contributed by atoms with van der Waals surface area (Å²) in [6, 6.07) is 8.87. The Morgan fingerprint density at radius 1 is 1.29 bits per heavy atom. The molecule has 1 unspecified atom stereocenters. The molecule has 6 heteroatoms. The number of carboxylic acids is 1. The first-order valence-corrected chi connectivity index (χ1v) is 6.88. The normalized spacial score (nSPS) is 19.0. The van der Waals surface area contributed by atoms with Crippen LogP contribution >= 0.6 is 0 Å². The van der Waals surface area contributed by atoms with E-state index in [4.69, 9.17) is 5.11 Å². The van der Waals surface area contributed by atoms with Gasteiger partial charge in [0.25, 0.3) is 5.91 Å². The van der Waals surface area contributed by atoms with Gasteiger partial charge in [-0.2, -0.15) is 0 Å². The van der Waals surface area contributed by atoms with E-state index in [0.29, 0.717) is 0 Å². The van der Waals surface area contributed by atoms with E-state index >= 15 is 0 Å². The number of aliphatic carboxylic acids is 1. The van der Waals surface area contributed by atoms with E-state index in [9.17, 15) is 14.4 Å². The highest BCUT2D eigenvalue weighted by atomic mass is 16.4. The van der Waals surface area contributed by atoms with Crippen LogP contribution in [-0.4, -0.2) is 46.9 Å². The molecule has 1 aliphatic rings. The zero-order valence-electron chi connectivity index (χ0n) is 11.9. The minimum Gasteiger partial charge on any atom is -0.481 e. The predicted octanol–water partition coefficient (Wildman–Crippen LogP) is 1.12. The van der Waals surface area contributed by atoms with Crippen LogP contribution in [0.25, 0.3) is 0 Å². The van der Waals surface area contributed by atoms with Gasteiger partial charge in [0.1, 0.15) is 6.04 Å². The van der Waals surface area contributed by atoms with Gasteiger partial charge in [0.15, 0.2) is 0 Å². The fourth-order valence-electron chi connectivity index (χ4n) is 2.41. The molecule has 0 saturated carbocycles. The second kappa shape index (κ2) is 6.39. The van der Waals surface area contributed by atoms with Gasteiger partial charge in [-0.05, 0) is 25.5 Å². The number of nitrogens with zero attached hydrogens (tertiary/aromatic N) is 2. The number of para-hydroxylation sites is 1. The van der Waals surface area contributed by atoms with Crippen molar-refractivity contribution < 1.29 is 19.5 Å². The molecule has 0 spiro atoms. The zero-order chi connectivity index (χ0) is 15.4. The summed E-state index contributed by atoms with van der Waals surface area (Å²) < 4.78 is 0. The lowest BCUT2D eigenvalue weighted by molar-refractivity contribution is -0.148. The van der Waals surface area contributed by atoms with Crippen molar-refractivity contribution in [2.24, 2.45) is 0 Å².